The van der Waals surface area contributed by atoms with Crippen molar-refractivity contribution in [3.8, 4) is 0 Å². The lowest BCUT2D eigenvalue weighted by Gasteiger charge is -2.32. The Morgan fingerprint density at radius 2 is 1.61 bits per heavy atom. The second-order valence-corrected chi connectivity index (χ2v) is 7.84. The average molecular weight is 391 g/mol. The Bertz CT molecular complexity index is 863. The van der Waals surface area contributed by atoms with E-state index in [0.717, 1.165) is 23.8 Å². The number of alkyl halides is 3. The maximum atomic E-state index is 12.8. The van der Waals surface area contributed by atoms with Crippen LogP contribution in [0.1, 0.15) is 49.3 Å². The molecular weight excluding hydrogens is 370 g/mol. The van der Waals surface area contributed by atoms with Gasteiger partial charge in [0.2, 0.25) is 0 Å². The predicted molar refractivity (Wildman–Crippen MR) is 99.4 cm³/mol. The normalized spacial score (nSPS) is 18.3. The lowest BCUT2D eigenvalue weighted by molar-refractivity contribution is -0.137. The zero-order chi connectivity index (χ0) is 20.7. The first-order chi connectivity index (χ1) is 12.9. The van der Waals surface area contributed by atoms with Gasteiger partial charge in [0.15, 0.2) is 5.78 Å². The largest absolute Gasteiger partial charge is 0.494 e. The van der Waals surface area contributed by atoms with E-state index in [-0.39, 0.29) is 17.9 Å². The van der Waals surface area contributed by atoms with Crippen LogP contribution in [-0.4, -0.2) is 29.1 Å². The van der Waals surface area contributed by atoms with Crippen molar-refractivity contribution in [2.75, 3.05) is 0 Å². The number of carbonyl (C=O) groups excluding carboxylic acids is 1. The molecule has 0 amide bonds. The summed E-state index contributed by atoms with van der Waals surface area (Å²) in [6.45, 7) is 7.81. The maximum Gasteiger partial charge on any atom is 0.494 e. The topological polar surface area (TPSA) is 48.4 Å². The molecule has 0 aliphatic carbocycles. The van der Waals surface area contributed by atoms with E-state index in [4.69, 9.17) is 9.31 Å². The van der Waals surface area contributed by atoms with Crippen molar-refractivity contribution in [1.82, 2.24) is 4.98 Å². The second kappa shape index (κ2) is 7.01. The molecule has 1 fully saturated rings. The highest BCUT2D eigenvalue weighted by molar-refractivity contribution is 6.62. The first kappa shape index (κ1) is 20.5. The highest BCUT2D eigenvalue weighted by Crippen LogP contribution is 2.36. The van der Waals surface area contributed by atoms with Gasteiger partial charge in [-0.3, -0.25) is 9.78 Å². The molecule has 0 N–H and O–H groups in total. The van der Waals surface area contributed by atoms with Gasteiger partial charge in [0.1, 0.15) is 0 Å². The van der Waals surface area contributed by atoms with Crippen LogP contribution in [0.25, 0.3) is 0 Å². The molecule has 1 aliphatic rings. The number of nitrogens with zero attached hydrogens (tertiary/aromatic N) is 1. The van der Waals surface area contributed by atoms with Crippen molar-refractivity contribution in [2.45, 2.75) is 51.5 Å². The third-order valence-corrected chi connectivity index (χ3v) is 5.24. The number of rotatable bonds is 4. The maximum absolute atomic E-state index is 12.8. The predicted octanol–water partition coefficient (Wildman–Crippen LogP) is 3.83. The zero-order valence-corrected chi connectivity index (χ0v) is 16.1. The average Bonchev–Trinajstić information content (AvgIpc) is 2.82. The molecule has 0 radical (unpaired) electrons. The summed E-state index contributed by atoms with van der Waals surface area (Å²) in [6, 6.07) is 8.49. The smallest absolute Gasteiger partial charge is 0.399 e. The van der Waals surface area contributed by atoms with Gasteiger partial charge in [-0.05, 0) is 45.3 Å². The van der Waals surface area contributed by atoms with Gasteiger partial charge >= 0.3 is 13.3 Å². The molecule has 0 spiro atoms. The van der Waals surface area contributed by atoms with E-state index in [1.807, 2.05) is 27.7 Å². The molecule has 1 aromatic carbocycles. The Labute approximate surface area is 162 Å². The molecule has 148 valence electrons. The standard InChI is InChI=1S/C20H21BF3NO3/c1-18(2)19(3,4)28-21(27-18)15-7-5-13(6-8-15)17(26)12-16-11-14(9-10-25-16)20(22,23)24/h5-11H,12H2,1-4H3. The van der Waals surface area contributed by atoms with E-state index in [1.165, 1.54) is 0 Å². The Balaban J connectivity index is 1.71. The summed E-state index contributed by atoms with van der Waals surface area (Å²) < 4.78 is 50.3. The summed E-state index contributed by atoms with van der Waals surface area (Å²) in [6.07, 6.45) is -3.61. The van der Waals surface area contributed by atoms with E-state index in [9.17, 15) is 18.0 Å². The SMILES string of the molecule is CC1(C)OB(c2ccc(C(=O)Cc3cc(C(F)(F)F)ccn3)cc2)OC1(C)C. The molecule has 28 heavy (non-hydrogen) atoms. The van der Waals surface area contributed by atoms with Gasteiger partial charge in [-0.2, -0.15) is 13.2 Å². The summed E-state index contributed by atoms with van der Waals surface area (Å²) in [7, 11) is -0.542. The molecule has 0 bridgehead atoms. The van der Waals surface area contributed by atoms with Gasteiger partial charge in [0, 0.05) is 17.5 Å². The van der Waals surface area contributed by atoms with Gasteiger partial charge in [0.05, 0.1) is 23.2 Å². The molecule has 0 atom stereocenters. The van der Waals surface area contributed by atoms with Gasteiger partial charge in [-0.25, -0.2) is 0 Å². The van der Waals surface area contributed by atoms with Gasteiger partial charge in [0.25, 0.3) is 0 Å². The molecular formula is C20H21BF3NO3. The van der Waals surface area contributed by atoms with Crippen LogP contribution < -0.4 is 5.46 Å². The zero-order valence-electron chi connectivity index (χ0n) is 16.1. The highest BCUT2D eigenvalue weighted by atomic mass is 19.4. The highest BCUT2D eigenvalue weighted by Gasteiger charge is 2.51. The van der Waals surface area contributed by atoms with Crippen LogP contribution in [0, 0.1) is 0 Å². The van der Waals surface area contributed by atoms with Crippen LogP contribution in [0.4, 0.5) is 13.2 Å². The van der Waals surface area contributed by atoms with Crippen LogP contribution in [0.15, 0.2) is 42.6 Å². The number of ketones is 1. The van der Waals surface area contributed by atoms with Crippen molar-refractivity contribution in [3.05, 3.63) is 59.4 Å². The molecule has 2 heterocycles. The van der Waals surface area contributed by atoms with Crippen LogP contribution >= 0.6 is 0 Å². The van der Waals surface area contributed by atoms with E-state index >= 15 is 0 Å². The summed E-state index contributed by atoms with van der Waals surface area (Å²) in [5, 5.41) is 0. The van der Waals surface area contributed by atoms with Crippen LogP contribution in [0.2, 0.25) is 0 Å². The first-order valence-corrected chi connectivity index (χ1v) is 8.90. The van der Waals surface area contributed by atoms with Crippen LogP contribution in [0.3, 0.4) is 0 Å². The van der Waals surface area contributed by atoms with Crippen molar-refractivity contribution in [2.24, 2.45) is 0 Å². The molecule has 0 saturated carbocycles. The molecule has 1 aliphatic heterocycles. The number of carbonyl (C=O) groups is 1. The van der Waals surface area contributed by atoms with Crippen molar-refractivity contribution in [3.63, 3.8) is 0 Å². The summed E-state index contributed by atoms with van der Waals surface area (Å²) in [5.41, 5.74) is -0.522. The third kappa shape index (κ3) is 4.13. The minimum Gasteiger partial charge on any atom is -0.399 e. The molecule has 1 saturated heterocycles. The van der Waals surface area contributed by atoms with Gasteiger partial charge in [-0.15, -0.1) is 0 Å². The fraction of sp³-hybridized carbons (Fsp3) is 0.400. The number of benzene rings is 1. The molecule has 3 rings (SSSR count). The number of halogens is 3. The summed E-state index contributed by atoms with van der Waals surface area (Å²) in [5.74, 6) is -0.313. The fourth-order valence-electron chi connectivity index (χ4n) is 2.82. The Hall–Kier alpha value is -2.19. The van der Waals surface area contributed by atoms with E-state index in [1.54, 1.807) is 24.3 Å². The van der Waals surface area contributed by atoms with E-state index in [0.29, 0.717) is 5.56 Å². The van der Waals surface area contributed by atoms with E-state index < -0.39 is 30.1 Å². The number of hydrogen-bond donors (Lipinski definition) is 0. The monoisotopic (exact) mass is 391 g/mol. The van der Waals surface area contributed by atoms with Crippen LogP contribution in [-0.2, 0) is 21.9 Å². The Kier molecular flexibility index (Phi) is 5.14. The number of Topliss-reactive ketones (excluding diaryl/α,β-unsaturated/α-hetero) is 1. The Morgan fingerprint density at radius 3 is 2.14 bits per heavy atom. The van der Waals surface area contributed by atoms with E-state index in [2.05, 4.69) is 4.98 Å². The van der Waals surface area contributed by atoms with Gasteiger partial charge < -0.3 is 9.31 Å². The minimum absolute atomic E-state index is 0.0786. The summed E-state index contributed by atoms with van der Waals surface area (Å²) >= 11 is 0. The Morgan fingerprint density at radius 1 is 1.04 bits per heavy atom. The van der Waals surface area contributed by atoms with Crippen molar-refractivity contribution < 1.29 is 27.3 Å². The number of aromatic nitrogens is 1. The fourth-order valence-corrected chi connectivity index (χ4v) is 2.82. The molecule has 8 heteroatoms. The lowest BCUT2D eigenvalue weighted by Crippen LogP contribution is -2.41. The van der Waals surface area contributed by atoms with Crippen molar-refractivity contribution >= 4 is 18.4 Å². The molecule has 2 aromatic rings. The number of pyridine rings is 1. The van der Waals surface area contributed by atoms with Crippen LogP contribution in [0.5, 0.6) is 0 Å². The quantitative estimate of drug-likeness (QED) is 0.587. The third-order valence-electron chi connectivity index (χ3n) is 5.24. The minimum atomic E-state index is -4.47. The molecule has 1 aromatic heterocycles. The molecule has 4 nitrogen and oxygen atoms in total. The summed E-state index contributed by atoms with van der Waals surface area (Å²) in [4.78, 5) is 16.3. The van der Waals surface area contributed by atoms with Crippen molar-refractivity contribution in [1.29, 1.82) is 0 Å². The lowest BCUT2D eigenvalue weighted by atomic mass is 9.78. The number of hydrogen-bond acceptors (Lipinski definition) is 4. The molecule has 0 unspecified atom stereocenters. The second-order valence-electron chi connectivity index (χ2n) is 7.84. The van der Waals surface area contributed by atoms with Gasteiger partial charge in [-0.1, -0.05) is 24.3 Å². The first-order valence-electron chi connectivity index (χ1n) is 8.90.